The van der Waals surface area contributed by atoms with Gasteiger partial charge in [0.25, 0.3) is 5.91 Å². The van der Waals surface area contributed by atoms with Gasteiger partial charge in [-0.2, -0.15) is 0 Å². The van der Waals surface area contributed by atoms with Crippen LogP contribution in [0.3, 0.4) is 0 Å². The van der Waals surface area contributed by atoms with E-state index in [0.717, 1.165) is 0 Å². The molecule has 6 heteroatoms. The zero-order chi connectivity index (χ0) is 17.5. The molecule has 0 aromatic heterocycles. The van der Waals surface area contributed by atoms with Crippen LogP contribution in [0.2, 0.25) is 0 Å². The Kier molecular flexibility index (Phi) is 6.26. The smallest absolute Gasteiger partial charge is 0.257 e. The summed E-state index contributed by atoms with van der Waals surface area (Å²) in [6.07, 6.45) is 0. The fraction of sp³-hybridized carbons (Fsp3) is 0.222. The molecule has 0 unspecified atom stereocenters. The zero-order valence-electron chi connectivity index (χ0n) is 13.5. The van der Waals surface area contributed by atoms with E-state index in [-0.39, 0.29) is 16.8 Å². The van der Waals surface area contributed by atoms with Crippen LogP contribution in [0.25, 0.3) is 0 Å². The minimum atomic E-state index is -0.343. The number of anilines is 1. The van der Waals surface area contributed by atoms with Crippen molar-refractivity contribution in [3.8, 4) is 5.75 Å². The van der Waals surface area contributed by atoms with Gasteiger partial charge >= 0.3 is 0 Å². The van der Waals surface area contributed by atoms with Gasteiger partial charge in [-0.1, -0.05) is 19.9 Å². The van der Waals surface area contributed by atoms with Gasteiger partial charge < -0.3 is 10.1 Å². The third kappa shape index (κ3) is 5.62. The van der Waals surface area contributed by atoms with E-state index < -0.39 is 0 Å². The molecule has 0 fully saturated rings. The van der Waals surface area contributed by atoms with Crippen LogP contribution in [0.4, 0.5) is 10.1 Å². The van der Waals surface area contributed by atoms with E-state index in [1.54, 1.807) is 24.3 Å². The lowest BCUT2D eigenvalue weighted by molar-refractivity contribution is 0.0977. The molecule has 2 aromatic carbocycles. The minimum absolute atomic E-state index is 0.139. The summed E-state index contributed by atoms with van der Waals surface area (Å²) in [7, 11) is 0. The molecular formula is C18H19FN2O2S. The van der Waals surface area contributed by atoms with E-state index in [1.807, 2.05) is 0 Å². The van der Waals surface area contributed by atoms with Crippen LogP contribution < -0.4 is 15.4 Å². The zero-order valence-corrected chi connectivity index (χ0v) is 14.3. The Morgan fingerprint density at radius 1 is 1.21 bits per heavy atom. The van der Waals surface area contributed by atoms with Crippen molar-refractivity contribution >= 4 is 28.9 Å². The van der Waals surface area contributed by atoms with Gasteiger partial charge in [0.05, 0.1) is 6.61 Å². The molecule has 126 valence electrons. The van der Waals surface area contributed by atoms with Crippen LogP contribution in [0.15, 0.2) is 48.5 Å². The van der Waals surface area contributed by atoms with E-state index >= 15 is 0 Å². The molecule has 2 N–H and O–H groups in total. The molecule has 4 nitrogen and oxygen atoms in total. The largest absolute Gasteiger partial charge is 0.493 e. The molecule has 24 heavy (non-hydrogen) atoms. The molecule has 2 rings (SSSR count). The molecule has 2 aromatic rings. The van der Waals surface area contributed by atoms with E-state index in [2.05, 4.69) is 24.5 Å². The third-order valence-electron chi connectivity index (χ3n) is 3.01. The molecule has 1 amide bonds. The predicted octanol–water partition coefficient (Wildman–Crippen LogP) is 3.99. The highest BCUT2D eigenvalue weighted by molar-refractivity contribution is 7.80. The monoisotopic (exact) mass is 346 g/mol. The number of hydrogen-bond acceptors (Lipinski definition) is 3. The average Bonchev–Trinajstić information content (AvgIpc) is 2.55. The Bertz CT molecular complexity index is 717. The number of halogens is 1. The van der Waals surface area contributed by atoms with Gasteiger partial charge in [-0.15, -0.1) is 0 Å². The van der Waals surface area contributed by atoms with Crippen LogP contribution in [0.1, 0.15) is 24.2 Å². The summed E-state index contributed by atoms with van der Waals surface area (Å²) >= 11 is 5.10. The molecule has 0 bridgehead atoms. The maximum Gasteiger partial charge on any atom is 0.257 e. The maximum absolute atomic E-state index is 12.9. The van der Waals surface area contributed by atoms with Crippen molar-refractivity contribution in [2.75, 3.05) is 11.9 Å². The molecule has 0 aliphatic heterocycles. The summed E-state index contributed by atoms with van der Waals surface area (Å²) in [6.45, 7) is 4.68. The number of hydrogen-bond donors (Lipinski definition) is 2. The predicted molar refractivity (Wildman–Crippen MR) is 96.9 cm³/mol. The highest BCUT2D eigenvalue weighted by Crippen LogP contribution is 2.14. The summed E-state index contributed by atoms with van der Waals surface area (Å²) in [5.41, 5.74) is 1.04. The molecule has 0 saturated carbocycles. The topological polar surface area (TPSA) is 50.4 Å². The third-order valence-corrected chi connectivity index (χ3v) is 3.21. The fourth-order valence-corrected chi connectivity index (χ4v) is 2.07. The van der Waals surface area contributed by atoms with Gasteiger partial charge in [-0.25, -0.2) is 4.39 Å². The van der Waals surface area contributed by atoms with E-state index in [9.17, 15) is 9.18 Å². The molecule has 0 aliphatic rings. The van der Waals surface area contributed by atoms with Crippen molar-refractivity contribution < 1.29 is 13.9 Å². The first-order chi connectivity index (χ1) is 11.4. The number of carbonyl (C=O) groups excluding carboxylic acids is 1. The highest BCUT2D eigenvalue weighted by atomic mass is 32.1. The molecule has 0 aliphatic carbocycles. The van der Waals surface area contributed by atoms with Gasteiger partial charge in [-0.05, 0) is 60.6 Å². The van der Waals surface area contributed by atoms with Crippen LogP contribution in [0, 0.1) is 11.7 Å². The molecule has 0 heterocycles. The maximum atomic E-state index is 12.9. The molecule has 0 spiro atoms. The SMILES string of the molecule is CC(C)COc1cccc(C(=O)NC(=S)Nc2ccc(F)cc2)c1. The summed E-state index contributed by atoms with van der Waals surface area (Å²) in [4.78, 5) is 12.2. The van der Waals surface area contributed by atoms with Gasteiger partial charge in [0.1, 0.15) is 11.6 Å². The number of rotatable bonds is 5. The number of nitrogens with one attached hydrogen (secondary N) is 2. The average molecular weight is 346 g/mol. The Morgan fingerprint density at radius 3 is 2.58 bits per heavy atom. The second-order valence-electron chi connectivity index (χ2n) is 5.65. The first-order valence-electron chi connectivity index (χ1n) is 7.55. The summed E-state index contributed by atoms with van der Waals surface area (Å²) < 4.78 is 18.5. The van der Waals surface area contributed by atoms with Crippen molar-refractivity contribution in [2.24, 2.45) is 5.92 Å². The first kappa shape index (κ1) is 17.9. The Labute approximate surface area is 146 Å². The number of amides is 1. The van der Waals surface area contributed by atoms with Gasteiger partial charge in [-0.3, -0.25) is 10.1 Å². The normalized spacial score (nSPS) is 10.3. The quantitative estimate of drug-likeness (QED) is 0.804. The highest BCUT2D eigenvalue weighted by Gasteiger charge is 2.09. The van der Waals surface area contributed by atoms with Crippen molar-refractivity contribution in [2.45, 2.75) is 13.8 Å². The molecule has 0 saturated heterocycles. The van der Waals surface area contributed by atoms with Crippen LogP contribution in [-0.2, 0) is 0 Å². The van der Waals surface area contributed by atoms with Crippen molar-refractivity contribution in [3.05, 3.63) is 59.9 Å². The molecule has 0 atom stereocenters. The van der Waals surface area contributed by atoms with Crippen LogP contribution in [0.5, 0.6) is 5.75 Å². The number of carbonyl (C=O) groups is 1. The van der Waals surface area contributed by atoms with E-state index in [4.69, 9.17) is 17.0 Å². The molecular weight excluding hydrogens is 327 g/mol. The standard InChI is InChI=1S/C18H19FN2O2S/c1-12(2)11-23-16-5-3-4-13(10-16)17(22)21-18(24)20-15-8-6-14(19)7-9-15/h3-10,12H,11H2,1-2H3,(H2,20,21,22,24). The van der Waals surface area contributed by atoms with Crippen LogP contribution in [-0.4, -0.2) is 17.6 Å². The molecule has 0 radical (unpaired) electrons. The number of thiocarbonyl (C=S) groups is 1. The summed E-state index contributed by atoms with van der Waals surface area (Å²) in [6, 6.07) is 12.6. The lowest BCUT2D eigenvalue weighted by Gasteiger charge is -2.11. The van der Waals surface area contributed by atoms with Gasteiger partial charge in [0.2, 0.25) is 0 Å². The number of ether oxygens (including phenoxy) is 1. The fourth-order valence-electron chi connectivity index (χ4n) is 1.86. The Balaban J connectivity index is 1.94. The van der Waals surface area contributed by atoms with E-state index in [1.165, 1.54) is 24.3 Å². The van der Waals surface area contributed by atoms with E-state index in [0.29, 0.717) is 29.5 Å². The number of benzene rings is 2. The van der Waals surface area contributed by atoms with Crippen molar-refractivity contribution in [1.82, 2.24) is 5.32 Å². The minimum Gasteiger partial charge on any atom is -0.493 e. The lowest BCUT2D eigenvalue weighted by atomic mass is 10.2. The first-order valence-corrected chi connectivity index (χ1v) is 7.95. The lowest BCUT2D eigenvalue weighted by Crippen LogP contribution is -2.34. The summed E-state index contributed by atoms with van der Waals surface area (Å²) in [5, 5.41) is 5.55. The van der Waals surface area contributed by atoms with Crippen molar-refractivity contribution in [3.63, 3.8) is 0 Å². The summed E-state index contributed by atoms with van der Waals surface area (Å²) in [5.74, 6) is 0.349. The second kappa shape index (κ2) is 8.40. The Morgan fingerprint density at radius 2 is 1.92 bits per heavy atom. The van der Waals surface area contributed by atoms with Gasteiger partial charge in [0.15, 0.2) is 5.11 Å². The second-order valence-corrected chi connectivity index (χ2v) is 6.06. The van der Waals surface area contributed by atoms with Crippen LogP contribution >= 0.6 is 12.2 Å². The van der Waals surface area contributed by atoms with Crippen molar-refractivity contribution in [1.29, 1.82) is 0 Å². The Hall–Kier alpha value is -2.47. The van der Waals surface area contributed by atoms with Gasteiger partial charge in [0, 0.05) is 11.3 Å².